The number of para-hydroxylation sites is 1. The fraction of sp³-hybridized carbons (Fsp3) is 0.286. The van der Waals surface area contributed by atoms with Crippen LogP contribution in [0.25, 0.3) is 0 Å². The van der Waals surface area contributed by atoms with Crippen LogP contribution in [0.4, 0.5) is 14.9 Å². The molecular formula is C28H29FN2O3. The molecule has 1 saturated heterocycles. The molecule has 1 fully saturated rings. The van der Waals surface area contributed by atoms with Crippen LogP contribution in [-0.2, 0) is 17.7 Å². The van der Waals surface area contributed by atoms with E-state index in [1.54, 1.807) is 12.1 Å². The van der Waals surface area contributed by atoms with Crippen LogP contribution in [0.2, 0.25) is 0 Å². The van der Waals surface area contributed by atoms with Crippen molar-refractivity contribution in [2.45, 2.75) is 25.8 Å². The second-order valence-electron chi connectivity index (χ2n) is 8.49. The van der Waals surface area contributed by atoms with Gasteiger partial charge in [0.15, 0.2) is 5.78 Å². The second kappa shape index (κ2) is 11.5. The summed E-state index contributed by atoms with van der Waals surface area (Å²) in [7, 11) is 0. The molecule has 0 unspecified atom stereocenters. The van der Waals surface area contributed by atoms with Crippen molar-refractivity contribution < 1.29 is 18.7 Å². The summed E-state index contributed by atoms with van der Waals surface area (Å²) in [4.78, 5) is 27.1. The summed E-state index contributed by atoms with van der Waals surface area (Å²) < 4.78 is 18.5. The van der Waals surface area contributed by atoms with E-state index in [1.165, 1.54) is 12.1 Å². The maximum Gasteiger partial charge on any atom is 0.407 e. The minimum absolute atomic E-state index is 0.0504. The van der Waals surface area contributed by atoms with E-state index in [4.69, 9.17) is 4.74 Å². The first kappa shape index (κ1) is 23.5. The van der Waals surface area contributed by atoms with Gasteiger partial charge in [0.1, 0.15) is 5.82 Å². The van der Waals surface area contributed by atoms with E-state index in [0.717, 1.165) is 42.7 Å². The third-order valence-electron chi connectivity index (χ3n) is 6.21. The van der Waals surface area contributed by atoms with Gasteiger partial charge in [0.2, 0.25) is 0 Å². The van der Waals surface area contributed by atoms with Crippen LogP contribution in [-0.4, -0.2) is 31.6 Å². The second-order valence-corrected chi connectivity index (χ2v) is 8.49. The van der Waals surface area contributed by atoms with Crippen molar-refractivity contribution in [1.82, 2.24) is 5.32 Å². The Hall–Kier alpha value is -3.67. The predicted octanol–water partition coefficient (Wildman–Crippen LogP) is 5.39. The lowest BCUT2D eigenvalue weighted by atomic mass is 9.88. The Labute approximate surface area is 199 Å². The van der Waals surface area contributed by atoms with Gasteiger partial charge in [0.05, 0.1) is 6.61 Å². The topological polar surface area (TPSA) is 58.6 Å². The molecule has 3 aromatic carbocycles. The number of carbonyl (C=O) groups excluding carboxylic acids is 2. The zero-order chi connectivity index (χ0) is 23.8. The number of amides is 1. The minimum atomic E-state index is -0.429. The lowest BCUT2D eigenvalue weighted by molar-refractivity contribution is 0.0900. The average Bonchev–Trinajstić information content (AvgIpc) is 2.88. The van der Waals surface area contributed by atoms with Gasteiger partial charge in [0, 0.05) is 43.2 Å². The highest BCUT2D eigenvalue weighted by molar-refractivity contribution is 5.98. The minimum Gasteiger partial charge on any atom is -0.449 e. The highest BCUT2D eigenvalue weighted by Gasteiger charge is 2.26. The molecule has 5 nitrogen and oxygen atoms in total. The number of nitrogens with one attached hydrogen (secondary N) is 1. The maximum atomic E-state index is 13.2. The summed E-state index contributed by atoms with van der Waals surface area (Å²) >= 11 is 0. The van der Waals surface area contributed by atoms with Gasteiger partial charge in [-0.15, -0.1) is 0 Å². The van der Waals surface area contributed by atoms with Crippen LogP contribution in [0.5, 0.6) is 0 Å². The SMILES string of the molecule is O=C(NCc1ccccc1)OCCc1ccccc1N1CCC(C(=O)c2ccc(F)cc2)CC1. The van der Waals surface area contributed by atoms with Gasteiger partial charge in [-0.25, -0.2) is 9.18 Å². The molecule has 0 saturated carbocycles. The van der Waals surface area contributed by atoms with Gasteiger partial charge in [0.25, 0.3) is 0 Å². The number of nitrogens with zero attached hydrogens (tertiary/aromatic N) is 1. The van der Waals surface area contributed by atoms with Crippen molar-refractivity contribution in [2.24, 2.45) is 5.92 Å². The molecule has 1 heterocycles. The Kier molecular flexibility index (Phi) is 7.91. The molecule has 176 valence electrons. The number of alkyl carbamates (subject to hydrolysis) is 1. The van der Waals surface area contributed by atoms with Gasteiger partial charge < -0.3 is 15.0 Å². The molecule has 0 atom stereocenters. The molecule has 1 aliphatic rings. The zero-order valence-electron chi connectivity index (χ0n) is 19.1. The van der Waals surface area contributed by atoms with E-state index in [-0.39, 0.29) is 24.1 Å². The first-order valence-electron chi connectivity index (χ1n) is 11.7. The zero-order valence-corrected chi connectivity index (χ0v) is 19.1. The average molecular weight is 461 g/mol. The summed E-state index contributed by atoms with van der Waals surface area (Å²) in [5.41, 5.74) is 3.82. The number of benzene rings is 3. The first-order chi connectivity index (χ1) is 16.6. The van der Waals surface area contributed by atoms with E-state index >= 15 is 0 Å². The summed E-state index contributed by atoms with van der Waals surface area (Å²) in [6, 6.07) is 23.6. The number of carbonyl (C=O) groups is 2. The summed E-state index contributed by atoms with van der Waals surface area (Å²) in [5, 5.41) is 2.77. The van der Waals surface area contributed by atoms with E-state index in [2.05, 4.69) is 22.3 Å². The molecule has 0 radical (unpaired) electrons. The van der Waals surface area contributed by atoms with Gasteiger partial charge >= 0.3 is 6.09 Å². The van der Waals surface area contributed by atoms with Crippen molar-refractivity contribution in [2.75, 3.05) is 24.6 Å². The molecule has 34 heavy (non-hydrogen) atoms. The van der Waals surface area contributed by atoms with Gasteiger partial charge in [-0.2, -0.15) is 0 Å². The molecule has 0 spiro atoms. The largest absolute Gasteiger partial charge is 0.449 e. The van der Waals surface area contributed by atoms with Gasteiger partial charge in [-0.1, -0.05) is 48.5 Å². The van der Waals surface area contributed by atoms with Crippen LogP contribution in [0.1, 0.15) is 34.3 Å². The fourth-order valence-electron chi connectivity index (χ4n) is 4.34. The number of hydrogen-bond donors (Lipinski definition) is 1. The van der Waals surface area contributed by atoms with Gasteiger partial charge in [-0.05, 0) is 54.3 Å². The Morgan fingerprint density at radius 1 is 0.912 bits per heavy atom. The molecule has 0 aromatic heterocycles. The van der Waals surface area contributed by atoms with Crippen LogP contribution in [0.3, 0.4) is 0 Å². The molecule has 1 N–H and O–H groups in total. The third kappa shape index (κ3) is 6.22. The molecular weight excluding hydrogens is 431 g/mol. The van der Waals surface area contributed by atoms with E-state index < -0.39 is 6.09 Å². The first-order valence-corrected chi connectivity index (χ1v) is 11.7. The van der Waals surface area contributed by atoms with E-state index in [9.17, 15) is 14.0 Å². The normalized spacial score (nSPS) is 14.0. The van der Waals surface area contributed by atoms with Crippen molar-refractivity contribution >= 4 is 17.6 Å². The standard InChI is InChI=1S/C28H29FN2O3/c29-25-12-10-23(11-13-25)27(32)24-14-17-31(18-15-24)26-9-5-4-8-22(26)16-19-34-28(33)30-20-21-6-2-1-3-7-21/h1-13,24H,14-20H2,(H,30,33). The number of ketones is 1. The van der Waals surface area contributed by atoms with Crippen molar-refractivity contribution in [1.29, 1.82) is 0 Å². The van der Waals surface area contributed by atoms with Crippen molar-refractivity contribution in [3.63, 3.8) is 0 Å². The molecule has 1 amide bonds. The molecule has 3 aromatic rings. The quantitative estimate of drug-likeness (QED) is 0.458. The number of halogens is 1. The Bertz CT molecular complexity index is 1090. The highest BCUT2D eigenvalue weighted by Crippen LogP contribution is 2.28. The summed E-state index contributed by atoms with van der Waals surface area (Å²) in [6.07, 6.45) is 1.69. The number of rotatable bonds is 8. The predicted molar refractivity (Wildman–Crippen MR) is 130 cm³/mol. The molecule has 0 bridgehead atoms. The van der Waals surface area contributed by atoms with Crippen LogP contribution in [0.15, 0.2) is 78.9 Å². The smallest absolute Gasteiger partial charge is 0.407 e. The monoisotopic (exact) mass is 460 g/mol. The Balaban J connectivity index is 1.26. The number of piperidine rings is 1. The van der Waals surface area contributed by atoms with Crippen LogP contribution >= 0.6 is 0 Å². The number of hydrogen-bond acceptors (Lipinski definition) is 4. The van der Waals surface area contributed by atoms with E-state index in [1.807, 2.05) is 42.5 Å². The number of anilines is 1. The van der Waals surface area contributed by atoms with E-state index in [0.29, 0.717) is 18.5 Å². The molecule has 1 aliphatic heterocycles. The molecule has 0 aliphatic carbocycles. The number of Topliss-reactive ketones (excluding diaryl/α,β-unsaturated/α-hetero) is 1. The third-order valence-corrected chi connectivity index (χ3v) is 6.21. The lowest BCUT2D eigenvalue weighted by Gasteiger charge is -2.34. The molecule has 6 heteroatoms. The van der Waals surface area contributed by atoms with Gasteiger partial charge in [-0.3, -0.25) is 4.79 Å². The van der Waals surface area contributed by atoms with Crippen molar-refractivity contribution in [3.8, 4) is 0 Å². The maximum absolute atomic E-state index is 13.2. The Morgan fingerprint density at radius 2 is 1.59 bits per heavy atom. The molecule has 4 rings (SSSR count). The van der Waals surface area contributed by atoms with Crippen molar-refractivity contribution in [3.05, 3.63) is 101 Å². The summed E-state index contributed by atoms with van der Waals surface area (Å²) in [6.45, 7) is 2.26. The number of ether oxygens (including phenoxy) is 1. The highest BCUT2D eigenvalue weighted by atomic mass is 19.1. The van der Waals surface area contributed by atoms with Crippen LogP contribution in [0, 0.1) is 11.7 Å². The fourth-order valence-corrected chi connectivity index (χ4v) is 4.34. The summed E-state index contributed by atoms with van der Waals surface area (Å²) in [5.74, 6) is -0.297. The Morgan fingerprint density at radius 3 is 2.32 bits per heavy atom. The lowest BCUT2D eigenvalue weighted by Crippen LogP contribution is -2.37. The van der Waals surface area contributed by atoms with Crippen LogP contribution < -0.4 is 10.2 Å².